The van der Waals surface area contributed by atoms with Crippen molar-refractivity contribution in [1.82, 2.24) is 14.0 Å². The number of carbonyl (C=O) groups is 2. The van der Waals surface area contributed by atoms with Crippen molar-refractivity contribution in [3.05, 3.63) is 86.8 Å². The van der Waals surface area contributed by atoms with Crippen LogP contribution in [0.5, 0.6) is 0 Å². The molecule has 5 rings (SSSR count). The summed E-state index contributed by atoms with van der Waals surface area (Å²) in [5, 5.41) is 0.227. The van der Waals surface area contributed by atoms with E-state index >= 15 is 0 Å². The maximum Gasteiger partial charge on any atom is 0.341 e. The van der Waals surface area contributed by atoms with E-state index in [0.717, 1.165) is 24.0 Å². The number of benzene rings is 1. The summed E-state index contributed by atoms with van der Waals surface area (Å²) in [6.45, 7) is 10.9. The fourth-order valence-electron chi connectivity index (χ4n) is 5.01. The predicted molar refractivity (Wildman–Crippen MR) is 152 cm³/mol. The van der Waals surface area contributed by atoms with Gasteiger partial charge in [-0.25, -0.2) is 9.78 Å². The van der Waals surface area contributed by atoms with Crippen LogP contribution in [0.3, 0.4) is 0 Å². The standard InChI is InChI=1S/C31H34N4O5/c1-6-39-30(38)24-17-23-26(32-25-19(2)9-7-15-34(25)29(23)37)35(18-22-10-8-16-40-22)27(24)33-28(36)20-11-13-21(14-12-20)31(3,4)5/h7,9,11-15,17,22H,6,8,10,16,18H2,1-5H3/t22-/m0/s1. The van der Waals surface area contributed by atoms with Crippen molar-refractivity contribution in [1.29, 1.82) is 0 Å². The smallest absolute Gasteiger partial charge is 0.341 e. The first-order chi connectivity index (χ1) is 19.1. The molecule has 1 fully saturated rings. The molecule has 0 aliphatic carbocycles. The van der Waals surface area contributed by atoms with Crippen LogP contribution in [0.2, 0.25) is 0 Å². The number of hydrogen-bond acceptors (Lipinski definition) is 6. The minimum atomic E-state index is -0.672. The monoisotopic (exact) mass is 542 g/mol. The molecule has 1 atom stereocenters. The van der Waals surface area contributed by atoms with Gasteiger partial charge in [0.2, 0.25) is 0 Å². The van der Waals surface area contributed by atoms with E-state index in [0.29, 0.717) is 23.5 Å². The molecule has 208 valence electrons. The highest BCUT2D eigenvalue weighted by Gasteiger charge is 2.24. The molecule has 9 nitrogen and oxygen atoms in total. The fraction of sp³-hybridized carbons (Fsp3) is 0.387. The molecule has 0 unspecified atom stereocenters. The van der Waals surface area contributed by atoms with E-state index in [4.69, 9.17) is 14.5 Å². The lowest BCUT2D eigenvalue weighted by Gasteiger charge is -2.19. The normalized spacial score (nSPS) is 16.1. The van der Waals surface area contributed by atoms with Gasteiger partial charge in [0.05, 0.1) is 24.6 Å². The van der Waals surface area contributed by atoms with Crippen LogP contribution in [0.4, 0.5) is 0 Å². The maximum absolute atomic E-state index is 13.7. The van der Waals surface area contributed by atoms with E-state index in [1.165, 1.54) is 10.5 Å². The fourth-order valence-corrected chi connectivity index (χ4v) is 5.01. The molecule has 0 bridgehead atoms. The van der Waals surface area contributed by atoms with Crippen molar-refractivity contribution >= 4 is 28.6 Å². The predicted octanol–water partition coefficient (Wildman–Crippen LogP) is 4.35. The van der Waals surface area contributed by atoms with Gasteiger partial charge in [0, 0.05) is 18.4 Å². The van der Waals surface area contributed by atoms with Gasteiger partial charge in [0.25, 0.3) is 11.5 Å². The van der Waals surface area contributed by atoms with Crippen LogP contribution >= 0.6 is 0 Å². The first-order valence-electron chi connectivity index (χ1n) is 13.6. The number of aromatic nitrogens is 3. The third-order valence-corrected chi connectivity index (χ3v) is 7.22. The van der Waals surface area contributed by atoms with Crippen LogP contribution < -0.4 is 11.0 Å². The van der Waals surface area contributed by atoms with Crippen LogP contribution in [0.15, 0.2) is 58.4 Å². The highest BCUT2D eigenvalue weighted by Crippen LogP contribution is 2.23. The molecule has 4 heterocycles. The Morgan fingerprint density at radius 1 is 1.15 bits per heavy atom. The molecule has 40 heavy (non-hydrogen) atoms. The van der Waals surface area contributed by atoms with Crippen LogP contribution in [-0.2, 0) is 21.4 Å². The van der Waals surface area contributed by atoms with Gasteiger partial charge in [-0.1, -0.05) is 39.0 Å². The summed E-state index contributed by atoms with van der Waals surface area (Å²) >= 11 is 0. The zero-order valence-electron chi connectivity index (χ0n) is 23.6. The molecule has 0 spiro atoms. The lowest BCUT2D eigenvalue weighted by Crippen LogP contribution is -2.35. The number of hydrogen-bond donors (Lipinski definition) is 0. The van der Waals surface area contributed by atoms with Gasteiger partial charge >= 0.3 is 5.97 Å². The van der Waals surface area contributed by atoms with Gasteiger partial charge in [-0.2, -0.15) is 4.99 Å². The summed E-state index contributed by atoms with van der Waals surface area (Å²) in [4.78, 5) is 49.7. The van der Waals surface area contributed by atoms with Crippen LogP contribution in [0.1, 0.15) is 72.4 Å². The number of fused-ring (bicyclic) bond motifs is 2. The van der Waals surface area contributed by atoms with Crippen molar-refractivity contribution in [3.63, 3.8) is 0 Å². The van der Waals surface area contributed by atoms with Crippen molar-refractivity contribution in [2.45, 2.75) is 65.5 Å². The Balaban J connectivity index is 1.81. The second-order valence-electron chi connectivity index (χ2n) is 11.1. The molecular weight excluding hydrogens is 508 g/mol. The Morgan fingerprint density at radius 3 is 2.55 bits per heavy atom. The molecule has 0 saturated carbocycles. The average molecular weight is 543 g/mol. The zero-order chi connectivity index (χ0) is 28.6. The third-order valence-electron chi connectivity index (χ3n) is 7.22. The van der Waals surface area contributed by atoms with Crippen LogP contribution in [0, 0.1) is 6.92 Å². The van der Waals surface area contributed by atoms with Gasteiger partial charge in [0.1, 0.15) is 16.9 Å². The zero-order valence-corrected chi connectivity index (χ0v) is 23.6. The lowest BCUT2D eigenvalue weighted by atomic mass is 9.87. The van der Waals surface area contributed by atoms with Gasteiger partial charge in [0.15, 0.2) is 5.49 Å². The summed E-state index contributed by atoms with van der Waals surface area (Å²) < 4.78 is 14.4. The van der Waals surface area contributed by atoms with E-state index in [1.807, 2.05) is 25.1 Å². The van der Waals surface area contributed by atoms with E-state index < -0.39 is 11.9 Å². The molecule has 1 amide bonds. The molecule has 1 aliphatic heterocycles. The number of amides is 1. The van der Waals surface area contributed by atoms with Gasteiger partial charge in [-0.15, -0.1) is 0 Å². The summed E-state index contributed by atoms with van der Waals surface area (Å²) in [7, 11) is 0. The topological polar surface area (TPSA) is 104 Å². The van der Waals surface area contributed by atoms with Crippen molar-refractivity contribution in [2.75, 3.05) is 13.2 Å². The number of carbonyl (C=O) groups excluding carboxylic acids is 2. The first-order valence-corrected chi connectivity index (χ1v) is 13.6. The van der Waals surface area contributed by atoms with Crippen molar-refractivity contribution in [3.8, 4) is 0 Å². The molecule has 0 radical (unpaired) electrons. The van der Waals surface area contributed by atoms with E-state index in [9.17, 15) is 14.4 Å². The molecule has 9 heteroatoms. The Morgan fingerprint density at radius 2 is 1.90 bits per heavy atom. The Hall–Kier alpha value is -4.11. The number of esters is 1. The number of nitrogens with zero attached hydrogens (tertiary/aromatic N) is 4. The number of rotatable bonds is 5. The Bertz CT molecular complexity index is 1740. The van der Waals surface area contributed by atoms with Gasteiger partial charge < -0.3 is 14.0 Å². The first kappa shape index (κ1) is 27.5. The number of ether oxygens (including phenoxy) is 2. The van der Waals surface area contributed by atoms with E-state index in [-0.39, 0.29) is 46.7 Å². The minimum Gasteiger partial charge on any atom is -0.462 e. The van der Waals surface area contributed by atoms with E-state index in [2.05, 4.69) is 25.8 Å². The summed E-state index contributed by atoms with van der Waals surface area (Å²) in [5.41, 5.74) is 2.82. The quantitative estimate of drug-likeness (QED) is 0.274. The third kappa shape index (κ3) is 5.21. The molecule has 1 aliphatic rings. The lowest BCUT2D eigenvalue weighted by molar-refractivity contribution is 0.0521. The average Bonchev–Trinajstić information content (AvgIpc) is 3.43. The SMILES string of the molecule is CCOC(=O)c1cc2c(=O)n3cccc(C)c3nc2n(C[C@@H]2CCCO2)c1=NC(=O)c1ccc(C(C)(C)C)cc1. The second-order valence-corrected chi connectivity index (χ2v) is 11.1. The van der Waals surface area contributed by atoms with Crippen LogP contribution in [-0.4, -0.2) is 45.1 Å². The number of pyridine rings is 2. The van der Waals surface area contributed by atoms with Gasteiger partial charge in [-0.3, -0.25) is 14.0 Å². The van der Waals surface area contributed by atoms with Crippen molar-refractivity contribution in [2.24, 2.45) is 4.99 Å². The van der Waals surface area contributed by atoms with E-state index in [1.54, 1.807) is 35.9 Å². The summed E-state index contributed by atoms with van der Waals surface area (Å²) in [5.74, 6) is -1.19. The Kier molecular flexibility index (Phi) is 7.42. The summed E-state index contributed by atoms with van der Waals surface area (Å²) in [6, 6.07) is 12.4. The summed E-state index contributed by atoms with van der Waals surface area (Å²) in [6.07, 6.45) is 3.16. The highest BCUT2D eigenvalue weighted by atomic mass is 16.5. The largest absolute Gasteiger partial charge is 0.462 e. The highest BCUT2D eigenvalue weighted by molar-refractivity contribution is 5.97. The maximum atomic E-state index is 13.7. The molecule has 1 saturated heterocycles. The van der Waals surface area contributed by atoms with Crippen molar-refractivity contribution < 1.29 is 19.1 Å². The van der Waals surface area contributed by atoms with Gasteiger partial charge in [-0.05, 0) is 67.5 Å². The molecular formula is C31H34N4O5. The molecule has 0 N–H and O–H groups in total. The molecule has 4 aromatic rings. The molecule has 3 aromatic heterocycles. The Labute approximate surface area is 232 Å². The minimum absolute atomic E-state index is 0.0264. The second kappa shape index (κ2) is 10.8. The molecule has 1 aromatic carbocycles. The van der Waals surface area contributed by atoms with Crippen LogP contribution in [0.25, 0.3) is 16.7 Å². The number of aryl methyl sites for hydroxylation is 1.